The molecule has 0 atom stereocenters. The van der Waals surface area contributed by atoms with Crippen LogP contribution < -0.4 is 39.4 Å². The summed E-state index contributed by atoms with van der Waals surface area (Å²) in [5.41, 5.74) is 0.613. The van der Waals surface area contributed by atoms with Gasteiger partial charge in [0.05, 0.1) is 4.90 Å². The van der Waals surface area contributed by atoms with Gasteiger partial charge in [0.2, 0.25) is 0 Å². The smallest absolute Gasteiger partial charge is 0.871 e. The van der Waals surface area contributed by atoms with Crippen molar-refractivity contribution in [2.45, 2.75) is 69.6 Å². The zero-order valence-corrected chi connectivity index (χ0v) is 20.2. The summed E-state index contributed by atoms with van der Waals surface area (Å²) in [4.78, 5) is -0.595. The molecule has 0 aliphatic carbocycles. The molecule has 0 radical (unpaired) electrons. The number of benzene rings is 2. The van der Waals surface area contributed by atoms with E-state index >= 15 is 0 Å². The SMILES string of the molecule is CCCCCCCCCCc1cc(S(=O)(=O)O)c([O-])cc1Oc1ccccc1.[Na+]. The third kappa shape index (κ3) is 9.09. The normalized spacial score (nSPS) is 11.1. The van der Waals surface area contributed by atoms with Crippen LogP contribution in [0, 0.1) is 0 Å². The third-order valence-corrected chi connectivity index (χ3v) is 5.55. The molecule has 2 aromatic rings. The summed E-state index contributed by atoms with van der Waals surface area (Å²) in [5, 5.41) is 12.1. The molecule has 0 saturated heterocycles. The Bertz CT molecular complexity index is 838. The van der Waals surface area contributed by atoms with Crippen LogP contribution in [0.2, 0.25) is 0 Å². The van der Waals surface area contributed by atoms with Crippen molar-refractivity contribution in [3.63, 3.8) is 0 Å². The van der Waals surface area contributed by atoms with E-state index in [9.17, 15) is 18.1 Å². The average Bonchev–Trinajstić information content (AvgIpc) is 2.65. The Kier molecular flexibility index (Phi) is 11.9. The standard InChI is InChI=1S/C22H30O5S.Na/c1-2-3-4-5-6-7-8-10-13-18-16-22(28(24,25)26)20(23)17-21(18)27-19-14-11-9-12-15-19;/h9,11-12,14-17,23H,2-8,10,13H2,1H3,(H,24,25,26);/q;+1/p-1. The first-order chi connectivity index (χ1) is 13.4. The second-order valence-corrected chi connectivity index (χ2v) is 8.41. The number of ether oxygens (including phenoxy) is 1. The second-order valence-electron chi connectivity index (χ2n) is 7.02. The Morgan fingerprint density at radius 3 is 2.10 bits per heavy atom. The number of para-hydroxylation sites is 1. The summed E-state index contributed by atoms with van der Waals surface area (Å²) in [6.45, 7) is 2.20. The summed E-state index contributed by atoms with van der Waals surface area (Å²) in [7, 11) is -4.56. The van der Waals surface area contributed by atoms with E-state index in [-0.39, 0.29) is 29.6 Å². The third-order valence-electron chi connectivity index (χ3n) is 4.68. The molecule has 7 heteroatoms. The predicted octanol–water partition coefficient (Wildman–Crippen LogP) is 2.49. The van der Waals surface area contributed by atoms with Crippen molar-refractivity contribution in [2.75, 3.05) is 0 Å². The number of aryl methyl sites for hydroxylation is 1. The van der Waals surface area contributed by atoms with Crippen LogP contribution in [0.5, 0.6) is 17.2 Å². The summed E-state index contributed by atoms with van der Waals surface area (Å²) < 4.78 is 38.1. The molecule has 2 aromatic carbocycles. The largest absolute Gasteiger partial charge is 1.00 e. The van der Waals surface area contributed by atoms with Gasteiger partial charge in [0.1, 0.15) is 11.5 Å². The maximum absolute atomic E-state index is 12.1. The van der Waals surface area contributed by atoms with Gasteiger partial charge >= 0.3 is 29.6 Å². The molecule has 2 rings (SSSR count). The Morgan fingerprint density at radius 2 is 1.52 bits per heavy atom. The molecule has 0 aromatic heterocycles. The van der Waals surface area contributed by atoms with Crippen LogP contribution in [0.4, 0.5) is 0 Å². The van der Waals surface area contributed by atoms with Gasteiger partial charge < -0.3 is 9.84 Å². The molecule has 29 heavy (non-hydrogen) atoms. The molecule has 0 saturated carbocycles. The van der Waals surface area contributed by atoms with Crippen LogP contribution in [0.3, 0.4) is 0 Å². The van der Waals surface area contributed by atoms with Gasteiger partial charge in [0.15, 0.2) is 0 Å². The second kappa shape index (κ2) is 13.3. The van der Waals surface area contributed by atoms with E-state index < -0.39 is 20.8 Å². The minimum Gasteiger partial charge on any atom is -0.871 e. The van der Waals surface area contributed by atoms with Gasteiger partial charge in [-0.05, 0) is 42.7 Å². The fourth-order valence-corrected chi connectivity index (χ4v) is 3.74. The fourth-order valence-electron chi connectivity index (χ4n) is 3.14. The molecular weight excluding hydrogens is 399 g/mol. The Labute approximate surface area is 196 Å². The van der Waals surface area contributed by atoms with Crippen molar-refractivity contribution in [3.05, 3.63) is 48.0 Å². The fraction of sp³-hybridized carbons (Fsp3) is 0.455. The van der Waals surface area contributed by atoms with E-state index in [2.05, 4.69) is 6.92 Å². The van der Waals surface area contributed by atoms with Gasteiger partial charge in [0, 0.05) is 0 Å². The van der Waals surface area contributed by atoms with Gasteiger partial charge in [0.25, 0.3) is 10.1 Å². The summed E-state index contributed by atoms with van der Waals surface area (Å²) in [6.07, 6.45) is 9.82. The van der Waals surface area contributed by atoms with Gasteiger partial charge in [-0.25, -0.2) is 0 Å². The first-order valence-electron chi connectivity index (χ1n) is 9.96. The summed E-state index contributed by atoms with van der Waals surface area (Å²) in [6, 6.07) is 11.4. The number of unbranched alkanes of at least 4 members (excludes halogenated alkanes) is 7. The molecule has 0 fully saturated rings. The van der Waals surface area contributed by atoms with Crippen molar-refractivity contribution < 1.29 is 52.4 Å². The van der Waals surface area contributed by atoms with Crippen molar-refractivity contribution in [2.24, 2.45) is 0 Å². The maximum atomic E-state index is 12.1. The van der Waals surface area contributed by atoms with Crippen LogP contribution in [0.1, 0.15) is 63.9 Å². The van der Waals surface area contributed by atoms with Crippen LogP contribution in [-0.2, 0) is 16.5 Å². The van der Waals surface area contributed by atoms with E-state index in [4.69, 9.17) is 4.74 Å². The molecule has 0 aliphatic rings. The minimum absolute atomic E-state index is 0. The van der Waals surface area contributed by atoms with Crippen LogP contribution in [0.15, 0.2) is 47.4 Å². The quantitative estimate of drug-likeness (QED) is 0.319. The van der Waals surface area contributed by atoms with Crippen molar-refractivity contribution in [1.29, 1.82) is 0 Å². The van der Waals surface area contributed by atoms with Crippen LogP contribution in [0.25, 0.3) is 0 Å². The molecule has 0 spiro atoms. The maximum Gasteiger partial charge on any atom is 1.00 e. The van der Waals surface area contributed by atoms with Crippen LogP contribution in [-0.4, -0.2) is 13.0 Å². The molecule has 0 aliphatic heterocycles. The Balaban J connectivity index is 0.00000420. The minimum atomic E-state index is -4.56. The van der Waals surface area contributed by atoms with Gasteiger partial charge in [-0.15, -0.1) is 0 Å². The molecule has 1 N–H and O–H groups in total. The van der Waals surface area contributed by atoms with Crippen LogP contribution >= 0.6 is 0 Å². The van der Waals surface area contributed by atoms with Gasteiger partial charge in [-0.2, -0.15) is 8.42 Å². The van der Waals surface area contributed by atoms with E-state index in [0.29, 0.717) is 23.5 Å². The monoisotopic (exact) mass is 428 g/mol. The average molecular weight is 429 g/mol. The van der Waals surface area contributed by atoms with Gasteiger partial charge in [-0.3, -0.25) is 4.55 Å². The summed E-state index contributed by atoms with van der Waals surface area (Å²) in [5.74, 6) is 0.137. The Morgan fingerprint density at radius 1 is 0.931 bits per heavy atom. The Hall–Kier alpha value is -1.05. The zero-order valence-electron chi connectivity index (χ0n) is 17.4. The molecular formula is C22H29NaO5S. The molecule has 0 unspecified atom stereocenters. The number of rotatable bonds is 12. The van der Waals surface area contributed by atoms with E-state index in [0.717, 1.165) is 25.3 Å². The topological polar surface area (TPSA) is 86.7 Å². The van der Waals surface area contributed by atoms with Gasteiger partial charge in [-0.1, -0.05) is 75.8 Å². The van der Waals surface area contributed by atoms with E-state index in [1.165, 1.54) is 38.2 Å². The molecule has 0 bridgehead atoms. The predicted molar refractivity (Wildman–Crippen MR) is 109 cm³/mol. The first-order valence-corrected chi connectivity index (χ1v) is 11.4. The molecule has 5 nitrogen and oxygen atoms in total. The molecule has 0 amide bonds. The molecule has 0 heterocycles. The summed E-state index contributed by atoms with van der Waals surface area (Å²) >= 11 is 0. The molecule has 154 valence electrons. The zero-order chi connectivity index (χ0) is 20.4. The first kappa shape index (κ1) is 26.0. The number of hydrogen-bond acceptors (Lipinski definition) is 4. The number of hydrogen-bond donors (Lipinski definition) is 1. The van der Waals surface area contributed by atoms with E-state index in [1.807, 2.05) is 18.2 Å². The van der Waals surface area contributed by atoms with Crippen molar-refractivity contribution >= 4 is 10.1 Å². The van der Waals surface area contributed by atoms with Crippen molar-refractivity contribution in [1.82, 2.24) is 0 Å². The van der Waals surface area contributed by atoms with Crippen molar-refractivity contribution in [3.8, 4) is 17.2 Å². The van der Waals surface area contributed by atoms with E-state index in [1.54, 1.807) is 12.1 Å².